The minimum Gasteiger partial charge on any atom is -0.495 e. The van der Waals surface area contributed by atoms with E-state index in [1.807, 2.05) is 19.1 Å². The van der Waals surface area contributed by atoms with Crippen molar-refractivity contribution >= 4 is 23.5 Å². The van der Waals surface area contributed by atoms with Crippen LogP contribution in [0.4, 0.5) is 5.69 Å². The maximum atomic E-state index is 12.7. The lowest BCUT2D eigenvalue weighted by Gasteiger charge is -2.23. The molecule has 7 nitrogen and oxygen atoms in total. The molecular formula is C23H28N2O5. The van der Waals surface area contributed by atoms with Crippen molar-refractivity contribution in [1.29, 1.82) is 0 Å². The van der Waals surface area contributed by atoms with Crippen molar-refractivity contribution in [3.8, 4) is 5.75 Å². The number of anilines is 1. The molecule has 2 amide bonds. The third-order valence-electron chi connectivity index (χ3n) is 4.62. The van der Waals surface area contributed by atoms with Crippen molar-refractivity contribution in [2.75, 3.05) is 12.4 Å². The number of methoxy groups -OCH3 is 1. The molecule has 2 aromatic rings. The van der Waals surface area contributed by atoms with Crippen LogP contribution in [0.3, 0.4) is 0 Å². The first-order valence-corrected chi connectivity index (χ1v) is 9.75. The summed E-state index contributed by atoms with van der Waals surface area (Å²) in [5.41, 5.74) is 1.76. The fraction of sp³-hybridized carbons (Fsp3) is 0.348. The number of esters is 1. The van der Waals surface area contributed by atoms with E-state index in [9.17, 15) is 14.4 Å². The molecule has 0 aromatic heterocycles. The molecule has 30 heavy (non-hydrogen) atoms. The van der Waals surface area contributed by atoms with Crippen LogP contribution < -0.4 is 15.4 Å². The SMILES string of the molecule is COc1ccccc1NC(=O)[C@H](C)OC(=O)[C@@H](NC(=O)c1ccccc1C)C(C)C. The van der Waals surface area contributed by atoms with E-state index in [2.05, 4.69) is 10.6 Å². The van der Waals surface area contributed by atoms with Gasteiger partial charge in [-0.1, -0.05) is 44.2 Å². The fourth-order valence-corrected chi connectivity index (χ4v) is 2.83. The lowest BCUT2D eigenvalue weighted by molar-refractivity contribution is -0.156. The third-order valence-corrected chi connectivity index (χ3v) is 4.62. The summed E-state index contributed by atoms with van der Waals surface area (Å²) in [5, 5.41) is 5.40. The molecule has 0 unspecified atom stereocenters. The quantitative estimate of drug-likeness (QED) is 0.649. The Morgan fingerprint density at radius 1 is 0.933 bits per heavy atom. The summed E-state index contributed by atoms with van der Waals surface area (Å²) in [7, 11) is 1.50. The zero-order valence-electron chi connectivity index (χ0n) is 17.9. The van der Waals surface area contributed by atoms with E-state index >= 15 is 0 Å². The number of ether oxygens (including phenoxy) is 2. The summed E-state index contributed by atoms with van der Waals surface area (Å²) in [6, 6.07) is 13.1. The molecule has 160 valence electrons. The van der Waals surface area contributed by atoms with Crippen molar-refractivity contribution in [2.45, 2.75) is 39.8 Å². The normalized spacial score (nSPS) is 12.6. The van der Waals surface area contributed by atoms with Gasteiger partial charge in [-0.3, -0.25) is 9.59 Å². The molecular weight excluding hydrogens is 384 g/mol. The average molecular weight is 412 g/mol. The molecule has 0 saturated carbocycles. The number of hydrogen-bond acceptors (Lipinski definition) is 5. The Morgan fingerprint density at radius 2 is 1.57 bits per heavy atom. The minimum absolute atomic E-state index is 0.227. The second kappa shape index (κ2) is 10.4. The van der Waals surface area contributed by atoms with Crippen LogP contribution in [0.25, 0.3) is 0 Å². The average Bonchev–Trinajstić information content (AvgIpc) is 2.72. The highest BCUT2D eigenvalue weighted by Gasteiger charge is 2.29. The predicted molar refractivity (Wildman–Crippen MR) is 114 cm³/mol. The molecule has 0 aliphatic carbocycles. The Hall–Kier alpha value is -3.35. The highest BCUT2D eigenvalue weighted by Crippen LogP contribution is 2.23. The van der Waals surface area contributed by atoms with Crippen molar-refractivity contribution < 1.29 is 23.9 Å². The maximum Gasteiger partial charge on any atom is 0.329 e. The number of para-hydroxylation sites is 2. The van der Waals surface area contributed by atoms with Gasteiger partial charge >= 0.3 is 5.97 Å². The van der Waals surface area contributed by atoms with Crippen molar-refractivity contribution in [3.63, 3.8) is 0 Å². The summed E-state index contributed by atoms with van der Waals surface area (Å²) in [6.07, 6.45) is -1.06. The summed E-state index contributed by atoms with van der Waals surface area (Å²) < 4.78 is 10.5. The summed E-state index contributed by atoms with van der Waals surface area (Å²) in [6.45, 7) is 6.89. The third kappa shape index (κ3) is 5.83. The molecule has 0 bridgehead atoms. The highest BCUT2D eigenvalue weighted by atomic mass is 16.5. The van der Waals surface area contributed by atoms with Crippen LogP contribution in [-0.4, -0.2) is 37.0 Å². The predicted octanol–water partition coefficient (Wildman–Crippen LogP) is 3.33. The lowest BCUT2D eigenvalue weighted by atomic mass is 10.0. The van der Waals surface area contributed by atoms with Gasteiger partial charge in [-0.25, -0.2) is 4.79 Å². The molecule has 2 atom stereocenters. The summed E-state index contributed by atoms with van der Waals surface area (Å²) >= 11 is 0. The highest BCUT2D eigenvalue weighted by molar-refractivity contribution is 5.99. The number of aryl methyl sites for hydroxylation is 1. The summed E-state index contributed by atoms with van der Waals surface area (Å²) in [4.78, 5) is 37.8. The molecule has 2 aromatic carbocycles. The van der Waals surface area contributed by atoms with E-state index in [0.29, 0.717) is 17.0 Å². The topological polar surface area (TPSA) is 93.7 Å². The molecule has 0 aliphatic rings. The van der Waals surface area contributed by atoms with E-state index in [1.165, 1.54) is 14.0 Å². The molecule has 0 heterocycles. The first-order chi connectivity index (χ1) is 14.2. The Morgan fingerprint density at radius 3 is 2.20 bits per heavy atom. The van der Waals surface area contributed by atoms with Crippen molar-refractivity contribution in [2.24, 2.45) is 5.92 Å². The number of carbonyl (C=O) groups is 3. The van der Waals surface area contributed by atoms with Gasteiger partial charge < -0.3 is 20.1 Å². The zero-order chi connectivity index (χ0) is 22.3. The van der Waals surface area contributed by atoms with Crippen LogP contribution in [0.15, 0.2) is 48.5 Å². The van der Waals surface area contributed by atoms with Gasteiger partial charge in [-0.15, -0.1) is 0 Å². The van der Waals surface area contributed by atoms with Gasteiger partial charge in [0.05, 0.1) is 12.8 Å². The minimum atomic E-state index is -1.06. The van der Waals surface area contributed by atoms with Gasteiger partial charge in [0, 0.05) is 5.56 Å². The number of amides is 2. The number of benzene rings is 2. The molecule has 2 rings (SSSR count). The van der Waals surface area contributed by atoms with Crippen LogP contribution >= 0.6 is 0 Å². The monoisotopic (exact) mass is 412 g/mol. The Bertz CT molecular complexity index is 910. The fourth-order valence-electron chi connectivity index (χ4n) is 2.83. The molecule has 7 heteroatoms. The first kappa shape index (κ1) is 22.9. The van der Waals surface area contributed by atoms with Crippen LogP contribution in [0.1, 0.15) is 36.7 Å². The molecule has 0 fully saturated rings. The van der Waals surface area contributed by atoms with Crippen LogP contribution in [-0.2, 0) is 14.3 Å². The Balaban J connectivity index is 2.04. The second-order valence-electron chi connectivity index (χ2n) is 7.28. The lowest BCUT2D eigenvalue weighted by Crippen LogP contribution is -2.47. The molecule has 0 spiro atoms. The first-order valence-electron chi connectivity index (χ1n) is 9.75. The van der Waals surface area contributed by atoms with E-state index in [4.69, 9.17) is 9.47 Å². The Labute approximate surface area is 176 Å². The Kier molecular flexibility index (Phi) is 7.98. The van der Waals surface area contributed by atoms with Crippen LogP contribution in [0.5, 0.6) is 5.75 Å². The number of hydrogen-bond donors (Lipinski definition) is 2. The van der Waals surface area contributed by atoms with Gasteiger partial charge in [0.15, 0.2) is 6.10 Å². The van der Waals surface area contributed by atoms with Crippen LogP contribution in [0, 0.1) is 12.8 Å². The molecule has 0 saturated heterocycles. The zero-order valence-corrected chi connectivity index (χ0v) is 17.9. The van der Waals surface area contributed by atoms with E-state index in [0.717, 1.165) is 5.56 Å². The molecule has 0 radical (unpaired) electrons. The summed E-state index contributed by atoms with van der Waals surface area (Å²) in [5.74, 6) is -1.27. The molecule has 0 aliphatic heterocycles. The maximum absolute atomic E-state index is 12.7. The van der Waals surface area contributed by atoms with Gasteiger partial charge in [-0.2, -0.15) is 0 Å². The number of nitrogens with one attached hydrogen (secondary N) is 2. The van der Waals surface area contributed by atoms with Crippen molar-refractivity contribution in [1.82, 2.24) is 5.32 Å². The van der Waals surface area contributed by atoms with E-state index < -0.39 is 24.0 Å². The van der Waals surface area contributed by atoms with Gasteiger partial charge in [0.1, 0.15) is 11.8 Å². The van der Waals surface area contributed by atoms with Gasteiger partial charge in [-0.05, 0) is 43.5 Å². The van der Waals surface area contributed by atoms with Gasteiger partial charge in [0.25, 0.3) is 11.8 Å². The van der Waals surface area contributed by atoms with Crippen molar-refractivity contribution in [3.05, 3.63) is 59.7 Å². The second-order valence-corrected chi connectivity index (χ2v) is 7.28. The van der Waals surface area contributed by atoms with E-state index in [-0.39, 0.29) is 11.8 Å². The molecule has 2 N–H and O–H groups in total. The number of carbonyl (C=O) groups excluding carboxylic acids is 3. The van der Waals surface area contributed by atoms with Crippen LogP contribution in [0.2, 0.25) is 0 Å². The van der Waals surface area contributed by atoms with Gasteiger partial charge in [0.2, 0.25) is 0 Å². The smallest absolute Gasteiger partial charge is 0.329 e. The van der Waals surface area contributed by atoms with E-state index in [1.54, 1.807) is 50.2 Å². The number of rotatable bonds is 8. The largest absolute Gasteiger partial charge is 0.495 e. The standard InChI is InChI=1S/C23H28N2O5/c1-14(2)20(25-22(27)17-11-7-6-10-15(17)3)23(28)30-16(4)21(26)24-18-12-8-9-13-19(18)29-5/h6-14,16,20H,1-5H3,(H,24,26)(H,25,27)/t16-,20-/m0/s1.